The normalized spacial score (nSPS) is 16.8. The summed E-state index contributed by atoms with van der Waals surface area (Å²) in [5.41, 5.74) is 2.09. The maximum Gasteiger partial charge on any atom is 0.224 e. The van der Waals surface area contributed by atoms with E-state index in [1.54, 1.807) is 0 Å². The zero-order valence-electron chi connectivity index (χ0n) is 18.5. The van der Waals surface area contributed by atoms with Gasteiger partial charge in [-0.15, -0.1) is 0 Å². The van der Waals surface area contributed by atoms with Gasteiger partial charge in [0.2, 0.25) is 5.91 Å². The molecular weight excluding hydrogens is 422 g/mol. The van der Waals surface area contributed by atoms with Crippen molar-refractivity contribution in [3.63, 3.8) is 0 Å². The maximum atomic E-state index is 13.3. The van der Waals surface area contributed by atoms with Crippen LogP contribution in [0.25, 0.3) is 11.4 Å². The molecule has 1 N–H and O–H groups in total. The van der Waals surface area contributed by atoms with Gasteiger partial charge in [-0.05, 0) is 56.0 Å². The van der Waals surface area contributed by atoms with Crippen molar-refractivity contribution < 1.29 is 9.53 Å². The van der Waals surface area contributed by atoms with Crippen molar-refractivity contribution in [1.29, 1.82) is 0 Å². The van der Waals surface area contributed by atoms with Crippen LogP contribution >= 0.6 is 12.2 Å². The van der Waals surface area contributed by atoms with Crippen LogP contribution in [0.2, 0.25) is 0 Å². The number of aromatic nitrogens is 3. The number of rotatable bonds is 7. The van der Waals surface area contributed by atoms with Crippen LogP contribution in [-0.4, -0.2) is 63.8 Å². The average molecular weight is 452 g/mol. The van der Waals surface area contributed by atoms with Gasteiger partial charge in [-0.1, -0.05) is 30.3 Å². The standard InChI is InChI=1S/C24H29N5O2S/c1-3-31-20-11-9-19(10-12-20)23-25-26-24(32)29(23)14-13-22(30)28-16-15-27(2)17-21(28)18-7-5-4-6-8-18/h4-12,21H,3,13-17H2,1-2H3,(H,26,32). The number of carbonyl (C=O) groups is 1. The van der Waals surface area contributed by atoms with Crippen LogP contribution in [-0.2, 0) is 11.3 Å². The summed E-state index contributed by atoms with van der Waals surface area (Å²) in [6, 6.07) is 18.1. The molecule has 2 heterocycles. The molecule has 1 saturated heterocycles. The molecule has 32 heavy (non-hydrogen) atoms. The van der Waals surface area contributed by atoms with E-state index >= 15 is 0 Å². The third-order valence-electron chi connectivity index (χ3n) is 5.82. The molecule has 1 fully saturated rings. The minimum atomic E-state index is 0.0605. The summed E-state index contributed by atoms with van der Waals surface area (Å²) in [5, 5.41) is 7.27. The minimum Gasteiger partial charge on any atom is -0.494 e. The molecule has 0 spiro atoms. The number of likely N-dealkylation sites (N-methyl/N-ethyl adjacent to an activating group) is 1. The van der Waals surface area contributed by atoms with E-state index in [0.29, 0.717) is 24.3 Å². The Morgan fingerprint density at radius 3 is 2.62 bits per heavy atom. The van der Waals surface area contributed by atoms with E-state index in [2.05, 4.69) is 34.3 Å². The number of piperazine rings is 1. The Hall–Kier alpha value is -2.97. The molecule has 3 aromatic rings. The number of aromatic amines is 1. The molecule has 4 rings (SSSR count). The molecule has 0 saturated carbocycles. The largest absolute Gasteiger partial charge is 0.494 e. The lowest BCUT2D eigenvalue weighted by molar-refractivity contribution is -0.136. The summed E-state index contributed by atoms with van der Waals surface area (Å²) in [6.07, 6.45) is 0.366. The molecule has 1 atom stereocenters. The molecule has 0 aliphatic carbocycles. The van der Waals surface area contributed by atoms with Gasteiger partial charge in [0.05, 0.1) is 12.6 Å². The highest BCUT2D eigenvalue weighted by Gasteiger charge is 2.30. The van der Waals surface area contributed by atoms with Crippen LogP contribution in [0.3, 0.4) is 0 Å². The zero-order chi connectivity index (χ0) is 22.5. The molecule has 1 aliphatic rings. The van der Waals surface area contributed by atoms with Crippen LogP contribution in [0.4, 0.5) is 0 Å². The van der Waals surface area contributed by atoms with Crippen molar-refractivity contribution in [2.45, 2.75) is 25.9 Å². The molecule has 0 bridgehead atoms. The van der Waals surface area contributed by atoms with E-state index in [9.17, 15) is 4.79 Å². The first-order valence-corrected chi connectivity index (χ1v) is 11.4. The Bertz CT molecular complexity index is 1090. The third kappa shape index (κ3) is 4.92. The first-order chi connectivity index (χ1) is 15.6. The summed E-state index contributed by atoms with van der Waals surface area (Å²) in [7, 11) is 2.10. The Morgan fingerprint density at radius 2 is 1.91 bits per heavy atom. The second kappa shape index (κ2) is 10.1. The van der Waals surface area contributed by atoms with Crippen LogP contribution in [0, 0.1) is 4.77 Å². The molecule has 168 valence electrons. The lowest BCUT2D eigenvalue weighted by Crippen LogP contribution is -2.49. The maximum absolute atomic E-state index is 13.3. The number of benzene rings is 2. The number of hydrogen-bond donors (Lipinski definition) is 1. The fourth-order valence-corrected chi connectivity index (χ4v) is 4.37. The molecule has 1 aromatic heterocycles. The second-order valence-corrected chi connectivity index (χ2v) is 8.37. The van der Waals surface area contributed by atoms with Crippen LogP contribution in [0.5, 0.6) is 5.75 Å². The van der Waals surface area contributed by atoms with Gasteiger partial charge in [-0.2, -0.15) is 5.10 Å². The number of amides is 1. The quantitative estimate of drug-likeness (QED) is 0.552. The summed E-state index contributed by atoms with van der Waals surface area (Å²) in [5.74, 6) is 1.67. The predicted molar refractivity (Wildman–Crippen MR) is 127 cm³/mol. The minimum absolute atomic E-state index is 0.0605. The van der Waals surface area contributed by atoms with Crippen molar-refractivity contribution in [2.24, 2.45) is 0 Å². The lowest BCUT2D eigenvalue weighted by atomic mass is 10.0. The number of hydrogen-bond acceptors (Lipinski definition) is 5. The van der Waals surface area contributed by atoms with Gasteiger partial charge in [0.1, 0.15) is 5.75 Å². The smallest absolute Gasteiger partial charge is 0.224 e. The average Bonchev–Trinajstić information content (AvgIpc) is 3.19. The number of nitrogens with zero attached hydrogens (tertiary/aromatic N) is 4. The summed E-state index contributed by atoms with van der Waals surface area (Å²) >= 11 is 5.45. The van der Waals surface area contributed by atoms with E-state index in [1.165, 1.54) is 5.56 Å². The fourth-order valence-electron chi connectivity index (χ4n) is 4.14. The number of H-pyrrole nitrogens is 1. The van der Waals surface area contributed by atoms with Crippen molar-refractivity contribution in [1.82, 2.24) is 24.6 Å². The van der Waals surface area contributed by atoms with Crippen molar-refractivity contribution >= 4 is 18.1 Å². The Morgan fingerprint density at radius 1 is 1.16 bits per heavy atom. The number of nitrogens with one attached hydrogen (secondary N) is 1. The molecule has 7 nitrogen and oxygen atoms in total. The highest BCUT2D eigenvalue weighted by atomic mass is 32.1. The summed E-state index contributed by atoms with van der Waals surface area (Å²) in [6.45, 7) is 5.48. The highest BCUT2D eigenvalue weighted by molar-refractivity contribution is 7.71. The fraction of sp³-hybridized carbons (Fsp3) is 0.375. The Balaban J connectivity index is 1.49. The first-order valence-electron chi connectivity index (χ1n) is 11.0. The van der Waals surface area contributed by atoms with Gasteiger partial charge in [0.15, 0.2) is 10.6 Å². The lowest BCUT2D eigenvalue weighted by Gasteiger charge is -2.40. The van der Waals surface area contributed by atoms with Crippen molar-refractivity contribution in [2.75, 3.05) is 33.3 Å². The molecule has 1 aliphatic heterocycles. The molecular formula is C24H29N5O2S. The highest BCUT2D eigenvalue weighted by Crippen LogP contribution is 2.26. The third-order valence-corrected chi connectivity index (χ3v) is 6.13. The zero-order valence-corrected chi connectivity index (χ0v) is 19.3. The summed E-state index contributed by atoms with van der Waals surface area (Å²) in [4.78, 5) is 17.6. The topological polar surface area (TPSA) is 66.4 Å². The summed E-state index contributed by atoms with van der Waals surface area (Å²) < 4.78 is 7.94. The number of carbonyl (C=O) groups excluding carboxylic acids is 1. The second-order valence-electron chi connectivity index (χ2n) is 7.99. The molecule has 8 heteroatoms. The van der Waals surface area contributed by atoms with Gasteiger partial charge in [-0.25, -0.2) is 0 Å². The number of ether oxygens (including phenoxy) is 1. The monoisotopic (exact) mass is 451 g/mol. The Labute approximate surface area is 193 Å². The van der Waals surface area contributed by atoms with Crippen LogP contribution < -0.4 is 4.74 Å². The van der Waals surface area contributed by atoms with Crippen molar-refractivity contribution in [3.05, 3.63) is 64.9 Å². The van der Waals surface area contributed by atoms with Gasteiger partial charge >= 0.3 is 0 Å². The van der Waals surface area contributed by atoms with Gasteiger partial charge < -0.3 is 14.5 Å². The predicted octanol–water partition coefficient (Wildman–Crippen LogP) is 3.91. The van der Waals surface area contributed by atoms with Crippen molar-refractivity contribution in [3.8, 4) is 17.1 Å². The van der Waals surface area contributed by atoms with Gasteiger partial charge in [-0.3, -0.25) is 14.5 Å². The van der Waals surface area contributed by atoms with E-state index in [-0.39, 0.29) is 11.9 Å². The van der Waals surface area contributed by atoms with Crippen LogP contribution in [0.15, 0.2) is 54.6 Å². The Kier molecular flexibility index (Phi) is 7.02. The molecule has 2 aromatic carbocycles. The first kappa shape index (κ1) is 22.2. The molecule has 1 amide bonds. The van der Waals surface area contributed by atoms with E-state index in [4.69, 9.17) is 17.0 Å². The van der Waals surface area contributed by atoms with Gasteiger partial charge in [0.25, 0.3) is 0 Å². The van der Waals surface area contributed by atoms with E-state index < -0.39 is 0 Å². The van der Waals surface area contributed by atoms with Crippen LogP contribution in [0.1, 0.15) is 24.9 Å². The van der Waals surface area contributed by atoms with Gasteiger partial charge in [0, 0.05) is 38.2 Å². The SMILES string of the molecule is CCOc1ccc(-c2n[nH]c(=S)n2CCC(=O)N2CCN(C)CC2c2ccccc2)cc1. The van der Waals surface area contributed by atoms with E-state index in [1.807, 2.05) is 58.9 Å². The van der Waals surface area contributed by atoms with E-state index in [0.717, 1.165) is 36.8 Å². The molecule has 0 radical (unpaired) electrons. The molecule has 1 unspecified atom stereocenters.